The molecular weight excluding hydrogens is 448 g/mol. The number of ether oxygens (including phenoxy) is 1. The number of anilines is 2. The molecule has 0 unspecified atom stereocenters. The van der Waals surface area contributed by atoms with Gasteiger partial charge in [0.05, 0.1) is 24.0 Å². The predicted octanol–water partition coefficient (Wildman–Crippen LogP) is 2.22. The fourth-order valence-corrected chi connectivity index (χ4v) is 4.57. The number of hydrogen-bond donors (Lipinski definition) is 3. The van der Waals surface area contributed by atoms with Gasteiger partial charge in [-0.15, -0.1) is 0 Å². The first-order valence-electron chi connectivity index (χ1n) is 11.9. The molecule has 0 bridgehead atoms. The summed E-state index contributed by atoms with van der Waals surface area (Å²) < 4.78 is 4.79. The smallest absolute Gasteiger partial charge is 0.411 e. The Kier molecular flexibility index (Phi) is 7.81. The predicted molar refractivity (Wildman–Crippen MR) is 133 cm³/mol. The highest BCUT2D eigenvalue weighted by Gasteiger charge is 2.25. The van der Waals surface area contributed by atoms with Crippen LogP contribution in [-0.4, -0.2) is 73.2 Å². The maximum Gasteiger partial charge on any atom is 0.411 e. The minimum atomic E-state index is -0.615. The lowest BCUT2D eigenvalue weighted by Crippen LogP contribution is -2.49. The molecule has 1 saturated carbocycles. The summed E-state index contributed by atoms with van der Waals surface area (Å²) in [6.07, 6.45) is 6.11. The number of piperazine rings is 1. The quantitative estimate of drug-likeness (QED) is 0.598. The van der Waals surface area contributed by atoms with E-state index in [1.54, 1.807) is 41.6 Å². The SMILES string of the molecule is COC(=O)Nc1cc(C(=O)NC2CCC(N)CC2)ccc1N1CCN(C(=O)c2cccnc2)CC1. The number of nitrogens with zero attached hydrogens (tertiary/aromatic N) is 3. The largest absolute Gasteiger partial charge is 0.453 e. The highest BCUT2D eigenvalue weighted by atomic mass is 16.5. The molecule has 186 valence electrons. The summed E-state index contributed by atoms with van der Waals surface area (Å²) in [5.41, 5.74) is 8.24. The molecule has 1 aromatic carbocycles. The van der Waals surface area contributed by atoms with Gasteiger partial charge in [0.2, 0.25) is 0 Å². The number of benzene rings is 1. The van der Waals surface area contributed by atoms with E-state index >= 15 is 0 Å². The van der Waals surface area contributed by atoms with Crippen LogP contribution in [0.15, 0.2) is 42.7 Å². The third-order valence-corrected chi connectivity index (χ3v) is 6.60. The van der Waals surface area contributed by atoms with E-state index < -0.39 is 6.09 Å². The molecule has 1 aromatic heterocycles. The van der Waals surface area contributed by atoms with Gasteiger partial charge in [0.1, 0.15) is 0 Å². The van der Waals surface area contributed by atoms with Gasteiger partial charge in [0.25, 0.3) is 11.8 Å². The second-order valence-electron chi connectivity index (χ2n) is 8.95. The Labute approximate surface area is 204 Å². The van der Waals surface area contributed by atoms with E-state index in [1.165, 1.54) is 7.11 Å². The molecule has 2 aromatic rings. The van der Waals surface area contributed by atoms with Crippen LogP contribution in [0.25, 0.3) is 0 Å². The van der Waals surface area contributed by atoms with E-state index in [4.69, 9.17) is 10.5 Å². The standard InChI is InChI=1S/C25H32N6O4/c1-35-25(34)29-21-15-17(23(32)28-20-7-5-19(26)6-8-20)4-9-22(21)30-11-13-31(14-12-30)24(33)18-3-2-10-27-16-18/h2-4,9-10,15-16,19-20H,5-8,11-14,26H2,1H3,(H,28,32)(H,29,34). The topological polar surface area (TPSA) is 130 Å². The summed E-state index contributed by atoms with van der Waals surface area (Å²) in [7, 11) is 1.29. The van der Waals surface area contributed by atoms with Crippen LogP contribution in [-0.2, 0) is 4.74 Å². The van der Waals surface area contributed by atoms with Gasteiger partial charge in [0.15, 0.2) is 0 Å². The second-order valence-corrected chi connectivity index (χ2v) is 8.95. The number of pyridine rings is 1. The van der Waals surface area contributed by atoms with Crippen molar-refractivity contribution < 1.29 is 19.1 Å². The second kappa shape index (κ2) is 11.2. The van der Waals surface area contributed by atoms with Crippen molar-refractivity contribution in [3.05, 3.63) is 53.9 Å². The molecule has 10 nitrogen and oxygen atoms in total. The third kappa shape index (κ3) is 6.07. The van der Waals surface area contributed by atoms with E-state index in [1.807, 2.05) is 6.07 Å². The molecule has 3 amide bonds. The third-order valence-electron chi connectivity index (χ3n) is 6.60. The van der Waals surface area contributed by atoms with Gasteiger partial charge in [0, 0.05) is 56.2 Å². The van der Waals surface area contributed by atoms with Gasteiger partial charge < -0.3 is 25.6 Å². The molecule has 4 rings (SSSR count). The molecule has 0 spiro atoms. The first-order valence-corrected chi connectivity index (χ1v) is 11.9. The Bertz CT molecular complexity index is 1050. The van der Waals surface area contributed by atoms with Gasteiger partial charge in [-0.25, -0.2) is 4.79 Å². The number of amides is 3. The molecule has 4 N–H and O–H groups in total. The van der Waals surface area contributed by atoms with Crippen molar-refractivity contribution in [3.8, 4) is 0 Å². The normalized spacial score (nSPS) is 20.2. The molecule has 2 aliphatic rings. The zero-order valence-electron chi connectivity index (χ0n) is 19.9. The fourth-order valence-electron chi connectivity index (χ4n) is 4.57. The Hall–Kier alpha value is -3.66. The number of methoxy groups -OCH3 is 1. The van der Waals surface area contributed by atoms with Crippen molar-refractivity contribution in [2.75, 3.05) is 43.5 Å². The van der Waals surface area contributed by atoms with Gasteiger partial charge in [-0.05, 0) is 56.0 Å². The van der Waals surface area contributed by atoms with Gasteiger partial charge in [-0.1, -0.05) is 0 Å². The van der Waals surface area contributed by atoms with Crippen LogP contribution in [0.2, 0.25) is 0 Å². The summed E-state index contributed by atoms with van der Waals surface area (Å²) in [6.45, 7) is 2.21. The number of carbonyl (C=O) groups is 3. The van der Waals surface area contributed by atoms with Crippen molar-refractivity contribution in [1.29, 1.82) is 0 Å². The molecular formula is C25H32N6O4. The van der Waals surface area contributed by atoms with Crippen molar-refractivity contribution in [1.82, 2.24) is 15.2 Å². The minimum Gasteiger partial charge on any atom is -0.453 e. The number of rotatable bonds is 5. The maximum absolute atomic E-state index is 12.9. The average molecular weight is 481 g/mol. The molecule has 10 heteroatoms. The zero-order chi connectivity index (χ0) is 24.8. The van der Waals surface area contributed by atoms with Crippen LogP contribution < -0.4 is 21.3 Å². The Balaban J connectivity index is 1.45. The number of hydrogen-bond acceptors (Lipinski definition) is 7. The molecule has 0 atom stereocenters. The average Bonchev–Trinajstić information content (AvgIpc) is 2.90. The molecule has 35 heavy (non-hydrogen) atoms. The number of nitrogens with two attached hydrogens (primary N) is 1. The minimum absolute atomic E-state index is 0.0543. The first-order chi connectivity index (χ1) is 16.9. The number of aromatic nitrogens is 1. The summed E-state index contributed by atoms with van der Waals surface area (Å²) in [4.78, 5) is 45.6. The van der Waals surface area contributed by atoms with Crippen LogP contribution in [0.1, 0.15) is 46.4 Å². The van der Waals surface area contributed by atoms with Crippen molar-refractivity contribution >= 4 is 29.3 Å². The highest BCUT2D eigenvalue weighted by Crippen LogP contribution is 2.29. The van der Waals surface area contributed by atoms with Gasteiger partial charge in [-0.2, -0.15) is 0 Å². The molecule has 2 fully saturated rings. The van der Waals surface area contributed by atoms with Crippen LogP contribution in [0.5, 0.6) is 0 Å². The van der Waals surface area contributed by atoms with E-state index in [9.17, 15) is 14.4 Å². The van der Waals surface area contributed by atoms with E-state index in [0.29, 0.717) is 43.0 Å². The lowest BCUT2D eigenvalue weighted by Gasteiger charge is -2.37. The molecule has 2 heterocycles. The van der Waals surface area contributed by atoms with E-state index in [2.05, 4.69) is 20.5 Å². The Morgan fingerprint density at radius 3 is 2.43 bits per heavy atom. The van der Waals surface area contributed by atoms with Gasteiger partial charge >= 0.3 is 6.09 Å². The molecule has 0 radical (unpaired) electrons. The fraction of sp³-hybridized carbons (Fsp3) is 0.440. The molecule has 1 aliphatic carbocycles. The van der Waals surface area contributed by atoms with E-state index in [0.717, 1.165) is 31.4 Å². The van der Waals surface area contributed by atoms with Crippen LogP contribution in [0, 0.1) is 0 Å². The summed E-state index contributed by atoms with van der Waals surface area (Å²) in [5.74, 6) is -0.238. The Morgan fingerprint density at radius 1 is 1.03 bits per heavy atom. The van der Waals surface area contributed by atoms with Crippen molar-refractivity contribution in [2.24, 2.45) is 5.73 Å². The number of nitrogens with one attached hydrogen (secondary N) is 2. The van der Waals surface area contributed by atoms with E-state index in [-0.39, 0.29) is 23.9 Å². The molecule has 1 aliphatic heterocycles. The summed E-state index contributed by atoms with van der Waals surface area (Å²) >= 11 is 0. The zero-order valence-corrected chi connectivity index (χ0v) is 19.9. The lowest BCUT2D eigenvalue weighted by atomic mass is 9.91. The summed E-state index contributed by atoms with van der Waals surface area (Å²) in [5, 5.41) is 5.82. The lowest BCUT2D eigenvalue weighted by molar-refractivity contribution is 0.0746. The van der Waals surface area contributed by atoms with Gasteiger partial charge in [-0.3, -0.25) is 19.9 Å². The Morgan fingerprint density at radius 2 is 1.77 bits per heavy atom. The summed E-state index contributed by atoms with van der Waals surface area (Å²) in [6, 6.07) is 9.07. The van der Waals surface area contributed by atoms with Crippen LogP contribution in [0.3, 0.4) is 0 Å². The highest BCUT2D eigenvalue weighted by molar-refractivity contribution is 5.99. The first kappa shape index (κ1) is 24.5. The van der Waals surface area contributed by atoms with Crippen molar-refractivity contribution in [2.45, 2.75) is 37.8 Å². The van der Waals surface area contributed by atoms with Crippen molar-refractivity contribution in [3.63, 3.8) is 0 Å². The molecule has 1 saturated heterocycles. The maximum atomic E-state index is 12.9. The number of carbonyl (C=O) groups excluding carboxylic acids is 3. The monoisotopic (exact) mass is 480 g/mol. The van der Waals surface area contributed by atoms with Crippen LogP contribution >= 0.6 is 0 Å². The van der Waals surface area contributed by atoms with Crippen LogP contribution in [0.4, 0.5) is 16.2 Å².